The van der Waals surface area contributed by atoms with Gasteiger partial charge in [0.25, 0.3) is 0 Å². The molecule has 4 nitrogen and oxygen atoms in total. The van der Waals surface area contributed by atoms with Crippen molar-refractivity contribution in [2.24, 2.45) is 5.92 Å². The van der Waals surface area contributed by atoms with E-state index in [0.29, 0.717) is 13.0 Å². The first-order chi connectivity index (χ1) is 9.92. The van der Waals surface area contributed by atoms with E-state index < -0.39 is 0 Å². The van der Waals surface area contributed by atoms with E-state index in [-0.39, 0.29) is 11.8 Å². The summed E-state index contributed by atoms with van der Waals surface area (Å²) in [7, 11) is 1.73. The molecule has 1 heterocycles. The molecule has 0 radical (unpaired) electrons. The number of carbonyl (C=O) groups excluding carboxylic acids is 1. The number of nitrogens with zero attached hydrogens (tertiary/aromatic N) is 2. The van der Waals surface area contributed by atoms with E-state index in [1.54, 1.807) is 18.2 Å². The van der Waals surface area contributed by atoms with E-state index in [0.717, 1.165) is 16.5 Å². The summed E-state index contributed by atoms with van der Waals surface area (Å²) in [6.45, 7) is 6.35. The third kappa shape index (κ3) is 3.25. The molecule has 0 aliphatic rings. The number of rotatable bonds is 4. The molecule has 0 fully saturated rings. The molecule has 0 aliphatic carbocycles. The zero-order valence-corrected chi connectivity index (χ0v) is 12.9. The molecule has 1 atom stereocenters. The summed E-state index contributed by atoms with van der Waals surface area (Å²) in [4.78, 5) is 13.8. The highest BCUT2D eigenvalue weighted by Gasteiger charge is 2.16. The van der Waals surface area contributed by atoms with E-state index in [1.807, 2.05) is 26.8 Å². The first kappa shape index (κ1) is 15.1. The average Bonchev–Trinajstić information content (AvgIpc) is 2.81. The van der Waals surface area contributed by atoms with E-state index in [1.165, 1.54) is 11.1 Å². The van der Waals surface area contributed by atoms with Gasteiger partial charge in [0.2, 0.25) is 5.91 Å². The van der Waals surface area contributed by atoms with E-state index >= 15 is 0 Å². The van der Waals surface area contributed by atoms with Crippen molar-refractivity contribution in [3.63, 3.8) is 0 Å². The molecule has 0 aliphatic heterocycles. The van der Waals surface area contributed by atoms with Gasteiger partial charge in [-0.2, -0.15) is 5.26 Å². The molecule has 0 spiro atoms. The molecule has 1 aromatic heterocycles. The minimum Gasteiger partial charge on any atom is -0.464 e. The van der Waals surface area contributed by atoms with Crippen molar-refractivity contribution in [3.8, 4) is 6.07 Å². The summed E-state index contributed by atoms with van der Waals surface area (Å²) in [5, 5.41) is 9.81. The number of benzene rings is 1. The fraction of sp³-hybridized carbons (Fsp3) is 0.412. The third-order valence-electron chi connectivity index (χ3n) is 3.81. The summed E-state index contributed by atoms with van der Waals surface area (Å²) in [5.41, 5.74) is 4.07. The van der Waals surface area contributed by atoms with E-state index in [4.69, 9.17) is 9.68 Å². The van der Waals surface area contributed by atoms with Gasteiger partial charge in [-0.05, 0) is 44.0 Å². The third-order valence-corrected chi connectivity index (χ3v) is 3.81. The molecule has 1 amide bonds. The number of likely N-dealkylation sites (N-methyl/N-ethyl adjacent to an activating group) is 1. The maximum atomic E-state index is 12.2. The summed E-state index contributed by atoms with van der Waals surface area (Å²) in [5.74, 6) is -0.164. The number of carbonyl (C=O) groups is 1. The molecule has 4 heteroatoms. The number of hydrogen-bond donors (Lipinski definition) is 0. The van der Waals surface area contributed by atoms with Crippen molar-refractivity contribution in [1.29, 1.82) is 5.26 Å². The van der Waals surface area contributed by atoms with Crippen LogP contribution in [0.4, 0.5) is 0 Å². The SMILES string of the molecule is Cc1cc2occ(CC(=O)N(C)C[C@@H](C)C#N)c2cc1C. The van der Waals surface area contributed by atoms with Crippen molar-refractivity contribution < 1.29 is 9.21 Å². The van der Waals surface area contributed by atoms with Crippen LogP contribution in [0.1, 0.15) is 23.6 Å². The van der Waals surface area contributed by atoms with Gasteiger partial charge in [0.15, 0.2) is 0 Å². The number of aryl methyl sites for hydroxylation is 2. The molecule has 2 aromatic rings. The number of furan rings is 1. The van der Waals surface area contributed by atoms with Gasteiger partial charge in [-0.3, -0.25) is 4.79 Å². The lowest BCUT2D eigenvalue weighted by Crippen LogP contribution is -2.31. The number of amides is 1. The van der Waals surface area contributed by atoms with Crippen LogP contribution in [0.2, 0.25) is 0 Å². The maximum Gasteiger partial charge on any atom is 0.226 e. The predicted octanol–water partition coefficient (Wildman–Crippen LogP) is 3.21. The van der Waals surface area contributed by atoms with Crippen LogP contribution in [0.25, 0.3) is 11.0 Å². The van der Waals surface area contributed by atoms with Crippen LogP contribution < -0.4 is 0 Å². The first-order valence-corrected chi connectivity index (χ1v) is 7.03. The Morgan fingerprint density at radius 1 is 1.38 bits per heavy atom. The van der Waals surface area contributed by atoms with Gasteiger partial charge in [-0.15, -0.1) is 0 Å². The van der Waals surface area contributed by atoms with Gasteiger partial charge >= 0.3 is 0 Å². The largest absolute Gasteiger partial charge is 0.464 e. The Morgan fingerprint density at radius 2 is 2.05 bits per heavy atom. The fourth-order valence-corrected chi connectivity index (χ4v) is 2.32. The number of fused-ring (bicyclic) bond motifs is 1. The summed E-state index contributed by atoms with van der Waals surface area (Å²) in [6.07, 6.45) is 1.95. The second-order valence-electron chi connectivity index (χ2n) is 5.67. The molecular weight excluding hydrogens is 264 g/mol. The van der Waals surface area contributed by atoms with Crippen molar-refractivity contribution in [2.75, 3.05) is 13.6 Å². The van der Waals surface area contributed by atoms with Gasteiger partial charge in [-0.1, -0.05) is 0 Å². The van der Waals surface area contributed by atoms with E-state index in [2.05, 4.69) is 12.1 Å². The van der Waals surface area contributed by atoms with Crippen molar-refractivity contribution in [2.45, 2.75) is 27.2 Å². The van der Waals surface area contributed by atoms with Crippen LogP contribution in [0.15, 0.2) is 22.8 Å². The molecule has 0 bridgehead atoms. The van der Waals surface area contributed by atoms with Crippen molar-refractivity contribution in [1.82, 2.24) is 4.90 Å². The molecular formula is C17H20N2O2. The Hall–Kier alpha value is -2.28. The summed E-state index contributed by atoms with van der Waals surface area (Å²) >= 11 is 0. The van der Waals surface area contributed by atoms with Crippen molar-refractivity contribution >= 4 is 16.9 Å². The van der Waals surface area contributed by atoms with Crippen LogP contribution in [-0.4, -0.2) is 24.4 Å². The maximum absolute atomic E-state index is 12.2. The molecule has 0 unspecified atom stereocenters. The normalized spacial score (nSPS) is 12.1. The van der Waals surface area contributed by atoms with E-state index in [9.17, 15) is 4.79 Å². The lowest BCUT2D eigenvalue weighted by atomic mass is 10.0. The highest BCUT2D eigenvalue weighted by Crippen LogP contribution is 2.25. The molecule has 0 saturated heterocycles. The lowest BCUT2D eigenvalue weighted by molar-refractivity contribution is -0.129. The highest BCUT2D eigenvalue weighted by molar-refractivity contribution is 5.88. The number of nitriles is 1. The highest BCUT2D eigenvalue weighted by atomic mass is 16.3. The Morgan fingerprint density at radius 3 is 2.71 bits per heavy atom. The quantitative estimate of drug-likeness (QED) is 0.866. The van der Waals surface area contributed by atoms with Crippen LogP contribution in [-0.2, 0) is 11.2 Å². The topological polar surface area (TPSA) is 57.2 Å². The fourth-order valence-electron chi connectivity index (χ4n) is 2.32. The lowest BCUT2D eigenvalue weighted by Gasteiger charge is -2.17. The molecule has 2 rings (SSSR count). The predicted molar refractivity (Wildman–Crippen MR) is 81.8 cm³/mol. The molecule has 110 valence electrons. The van der Waals surface area contributed by atoms with Gasteiger partial charge < -0.3 is 9.32 Å². The average molecular weight is 284 g/mol. The Balaban J connectivity index is 2.18. The minimum atomic E-state index is -0.162. The number of hydrogen-bond acceptors (Lipinski definition) is 3. The Bertz CT molecular complexity index is 709. The monoisotopic (exact) mass is 284 g/mol. The van der Waals surface area contributed by atoms with Gasteiger partial charge in [0.1, 0.15) is 5.58 Å². The first-order valence-electron chi connectivity index (χ1n) is 7.03. The molecule has 21 heavy (non-hydrogen) atoms. The minimum absolute atomic E-state index is 0.00183. The zero-order valence-electron chi connectivity index (χ0n) is 12.9. The van der Waals surface area contributed by atoms with Gasteiger partial charge in [-0.25, -0.2) is 0 Å². The zero-order chi connectivity index (χ0) is 15.6. The van der Waals surface area contributed by atoms with Gasteiger partial charge in [0, 0.05) is 24.5 Å². The summed E-state index contributed by atoms with van der Waals surface area (Å²) in [6, 6.07) is 6.20. The second-order valence-corrected chi connectivity index (χ2v) is 5.67. The van der Waals surface area contributed by atoms with Crippen LogP contribution in [0.3, 0.4) is 0 Å². The molecule has 0 saturated carbocycles. The Kier molecular flexibility index (Phi) is 4.32. The second kappa shape index (κ2) is 6.01. The smallest absolute Gasteiger partial charge is 0.226 e. The van der Waals surface area contributed by atoms with Crippen LogP contribution in [0.5, 0.6) is 0 Å². The van der Waals surface area contributed by atoms with Crippen LogP contribution in [0, 0.1) is 31.1 Å². The van der Waals surface area contributed by atoms with Crippen molar-refractivity contribution in [3.05, 3.63) is 35.1 Å². The Labute approximate surface area is 125 Å². The van der Waals surface area contributed by atoms with Gasteiger partial charge in [0.05, 0.1) is 24.7 Å². The van der Waals surface area contributed by atoms with Crippen LogP contribution >= 0.6 is 0 Å². The summed E-state index contributed by atoms with van der Waals surface area (Å²) < 4.78 is 5.54. The molecule has 0 N–H and O–H groups in total. The standard InChI is InChI=1S/C17H20N2O2/c1-11(8-18)9-19(4)17(20)7-14-10-21-16-6-13(3)12(2)5-15(14)16/h5-6,10-11H,7,9H2,1-4H3/t11-/m0/s1. The molecule has 1 aromatic carbocycles.